The van der Waals surface area contributed by atoms with Crippen molar-refractivity contribution >= 4 is 16.5 Å². The smallest absolute Gasteiger partial charge is 0.0460 e. The third kappa shape index (κ3) is 2.17. The van der Waals surface area contributed by atoms with Crippen LogP contribution in [0.2, 0.25) is 0 Å². The van der Waals surface area contributed by atoms with Gasteiger partial charge in [0.15, 0.2) is 0 Å². The summed E-state index contributed by atoms with van der Waals surface area (Å²) < 4.78 is 0. The molecule has 2 N–H and O–H groups in total. The Morgan fingerprint density at radius 3 is 2.85 bits per heavy atom. The Bertz CT molecular complexity index is 636. The maximum atomic E-state index is 3.38. The van der Waals surface area contributed by atoms with E-state index in [0.29, 0.717) is 0 Å². The first-order chi connectivity index (χ1) is 9.90. The van der Waals surface area contributed by atoms with Crippen LogP contribution in [0.4, 0.5) is 0 Å². The number of nitrogens with one attached hydrogen (secondary N) is 2. The summed E-state index contributed by atoms with van der Waals surface area (Å²) in [7, 11) is 0. The van der Waals surface area contributed by atoms with Crippen LogP contribution >= 0.6 is 0 Å². The van der Waals surface area contributed by atoms with Crippen LogP contribution in [0.5, 0.6) is 0 Å². The Balaban J connectivity index is 1.52. The van der Waals surface area contributed by atoms with Crippen LogP contribution in [0.15, 0.2) is 36.5 Å². The summed E-state index contributed by atoms with van der Waals surface area (Å²) in [6.45, 7) is 5.96. The normalized spacial score (nSPS) is 20.9. The van der Waals surface area contributed by atoms with Gasteiger partial charge in [0.05, 0.1) is 0 Å². The third-order valence-electron chi connectivity index (χ3n) is 4.61. The molecule has 0 spiro atoms. The maximum absolute atomic E-state index is 3.38. The quantitative estimate of drug-likeness (QED) is 0.895. The minimum Gasteiger partial charge on any atom is -0.361 e. The number of benzene rings is 1. The summed E-state index contributed by atoms with van der Waals surface area (Å²) in [5, 5.41) is 4.71. The second-order valence-electron chi connectivity index (χ2n) is 6.01. The van der Waals surface area contributed by atoms with Crippen LogP contribution in [0.3, 0.4) is 0 Å². The van der Waals surface area contributed by atoms with Crippen LogP contribution in [0.1, 0.15) is 12.0 Å². The molecule has 0 aliphatic carbocycles. The highest BCUT2D eigenvalue weighted by atomic mass is 15.1. The summed E-state index contributed by atoms with van der Waals surface area (Å²) in [5.74, 6) is 0.873. The molecule has 0 atom stereocenters. The molecular weight excluding hydrogens is 246 g/mol. The predicted octanol–water partition coefficient (Wildman–Crippen LogP) is 2.48. The lowest BCUT2D eigenvalue weighted by Gasteiger charge is -2.34. The zero-order valence-corrected chi connectivity index (χ0v) is 11.7. The zero-order valence-electron chi connectivity index (χ0n) is 11.7. The molecule has 1 aromatic heterocycles. The van der Waals surface area contributed by atoms with Gasteiger partial charge in [-0.3, -0.25) is 4.90 Å². The lowest BCUT2D eigenvalue weighted by atomic mass is 9.97. The average molecular weight is 267 g/mol. The summed E-state index contributed by atoms with van der Waals surface area (Å²) in [6.07, 6.45) is 5.76. The molecule has 0 unspecified atom stereocenters. The van der Waals surface area contributed by atoms with Crippen molar-refractivity contribution in [2.45, 2.75) is 6.42 Å². The van der Waals surface area contributed by atoms with Gasteiger partial charge in [-0.05, 0) is 24.0 Å². The number of fused-ring (bicyclic) bond motifs is 1. The fraction of sp³-hybridized carbons (Fsp3) is 0.412. The number of rotatable bonds is 3. The van der Waals surface area contributed by atoms with Gasteiger partial charge in [0.1, 0.15) is 0 Å². The van der Waals surface area contributed by atoms with Gasteiger partial charge in [-0.25, -0.2) is 0 Å². The average Bonchev–Trinajstić information content (AvgIpc) is 2.88. The molecule has 1 saturated heterocycles. The van der Waals surface area contributed by atoms with Crippen LogP contribution in [0.25, 0.3) is 16.5 Å². The second-order valence-corrected chi connectivity index (χ2v) is 6.01. The number of aromatic amines is 1. The number of hydrogen-bond acceptors (Lipinski definition) is 2. The van der Waals surface area contributed by atoms with Crippen LogP contribution < -0.4 is 5.32 Å². The molecule has 2 aliphatic rings. The van der Waals surface area contributed by atoms with Crippen molar-refractivity contribution in [1.29, 1.82) is 0 Å². The molecule has 4 rings (SSSR count). The Labute approximate surface area is 119 Å². The standard InChI is InChI=1S/C17H21N3/c1-2-4-17-15(3-1)16(11-19-17)14-5-7-20(8-6-14)12-13-9-18-10-13/h1-5,11,13,18-19H,6-10,12H2. The first-order valence-electron chi connectivity index (χ1n) is 7.59. The second kappa shape index (κ2) is 5.08. The van der Waals surface area contributed by atoms with Gasteiger partial charge in [-0.15, -0.1) is 0 Å². The first kappa shape index (κ1) is 12.2. The van der Waals surface area contributed by atoms with E-state index in [2.05, 4.69) is 51.7 Å². The molecule has 3 nitrogen and oxygen atoms in total. The van der Waals surface area contributed by atoms with Crippen LogP contribution in [-0.4, -0.2) is 42.6 Å². The molecule has 0 saturated carbocycles. The van der Waals surface area contributed by atoms with E-state index in [1.807, 2.05) is 0 Å². The van der Waals surface area contributed by atoms with Crippen LogP contribution in [0, 0.1) is 5.92 Å². The molecule has 3 heteroatoms. The van der Waals surface area contributed by atoms with Gasteiger partial charge in [0.2, 0.25) is 0 Å². The summed E-state index contributed by atoms with van der Waals surface area (Å²) >= 11 is 0. The lowest BCUT2D eigenvalue weighted by molar-refractivity contribution is 0.207. The molecule has 104 valence electrons. The van der Waals surface area contributed by atoms with E-state index >= 15 is 0 Å². The van der Waals surface area contributed by atoms with E-state index in [1.54, 1.807) is 0 Å². The molecule has 2 aromatic rings. The van der Waals surface area contributed by atoms with Gasteiger partial charge in [0, 0.05) is 55.4 Å². The highest BCUT2D eigenvalue weighted by molar-refractivity contribution is 5.92. The van der Waals surface area contributed by atoms with Gasteiger partial charge in [0.25, 0.3) is 0 Å². The number of nitrogens with zero attached hydrogens (tertiary/aromatic N) is 1. The van der Waals surface area contributed by atoms with E-state index in [9.17, 15) is 0 Å². The SMILES string of the molecule is C1=C(c2c[nH]c3ccccc23)CCN(CC2CNC2)C1. The van der Waals surface area contributed by atoms with E-state index < -0.39 is 0 Å². The molecule has 0 bridgehead atoms. The molecule has 0 amide bonds. The van der Waals surface area contributed by atoms with Crippen molar-refractivity contribution in [2.75, 3.05) is 32.7 Å². The fourth-order valence-electron chi connectivity index (χ4n) is 3.30. The van der Waals surface area contributed by atoms with Gasteiger partial charge in [-0.2, -0.15) is 0 Å². The van der Waals surface area contributed by atoms with E-state index in [1.165, 1.54) is 54.6 Å². The third-order valence-corrected chi connectivity index (χ3v) is 4.61. The molecule has 3 heterocycles. The van der Waals surface area contributed by atoms with Gasteiger partial charge < -0.3 is 10.3 Å². The Hall–Kier alpha value is -1.58. The highest BCUT2D eigenvalue weighted by Crippen LogP contribution is 2.29. The number of H-pyrrole nitrogens is 1. The van der Waals surface area contributed by atoms with Crippen LogP contribution in [-0.2, 0) is 0 Å². The van der Waals surface area contributed by atoms with Crippen molar-refractivity contribution in [3.8, 4) is 0 Å². The van der Waals surface area contributed by atoms with Crippen molar-refractivity contribution < 1.29 is 0 Å². The van der Waals surface area contributed by atoms with Gasteiger partial charge in [-0.1, -0.05) is 24.3 Å². The topological polar surface area (TPSA) is 31.1 Å². The Morgan fingerprint density at radius 2 is 2.10 bits per heavy atom. The summed E-state index contributed by atoms with van der Waals surface area (Å²) in [5.41, 5.74) is 4.14. The minimum atomic E-state index is 0.873. The van der Waals surface area contributed by atoms with Crippen molar-refractivity contribution in [3.63, 3.8) is 0 Å². The Kier molecular flexibility index (Phi) is 3.09. The van der Waals surface area contributed by atoms with Crippen molar-refractivity contribution in [3.05, 3.63) is 42.1 Å². The van der Waals surface area contributed by atoms with E-state index in [0.717, 1.165) is 12.5 Å². The first-order valence-corrected chi connectivity index (χ1v) is 7.59. The summed E-state index contributed by atoms with van der Waals surface area (Å²) in [4.78, 5) is 5.97. The monoisotopic (exact) mass is 267 g/mol. The number of aromatic nitrogens is 1. The largest absolute Gasteiger partial charge is 0.361 e. The highest BCUT2D eigenvalue weighted by Gasteiger charge is 2.22. The molecular formula is C17H21N3. The minimum absolute atomic E-state index is 0.873. The Morgan fingerprint density at radius 1 is 1.20 bits per heavy atom. The van der Waals surface area contributed by atoms with E-state index in [-0.39, 0.29) is 0 Å². The van der Waals surface area contributed by atoms with E-state index in [4.69, 9.17) is 0 Å². The number of para-hydroxylation sites is 1. The molecule has 0 radical (unpaired) electrons. The molecule has 1 aromatic carbocycles. The fourth-order valence-corrected chi connectivity index (χ4v) is 3.30. The molecule has 1 fully saturated rings. The maximum Gasteiger partial charge on any atom is 0.0460 e. The molecule has 20 heavy (non-hydrogen) atoms. The lowest BCUT2D eigenvalue weighted by Crippen LogP contribution is -2.48. The van der Waals surface area contributed by atoms with Crippen molar-refractivity contribution in [2.24, 2.45) is 5.92 Å². The molecule has 2 aliphatic heterocycles. The van der Waals surface area contributed by atoms with Crippen molar-refractivity contribution in [1.82, 2.24) is 15.2 Å². The zero-order chi connectivity index (χ0) is 13.4. The van der Waals surface area contributed by atoms with Gasteiger partial charge >= 0.3 is 0 Å². The number of hydrogen-bond donors (Lipinski definition) is 2. The predicted molar refractivity (Wildman–Crippen MR) is 83.7 cm³/mol. The summed E-state index contributed by atoms with van der Waals surface area (Å²) in [6, 6.07) is 8.58.